The number of halogens is 1. The van der Waals surface area contributed by atoms with Crippen molar-refractivity contribution >= 4 is 17.6 Å². The maximum atomic E-state index is 11.9. The molecule has 0 bridgehead atoms. The van der Waals surface area contributed by atoms with Crippen molar-refractivity contribution < 1.29 is 9.90 Å². The number of carbonyl (C=O) groups excluding carboxylic acids is 1. The van der Waals surface area contributed by atoms with Gasteiger partial charge in [0.1, 0.15) is 0 Å². The zero-order valence-corrected chi connectivity index (χ0v) is 13.2. The molecule has 0 spiro atoms. The lowest BCUT2D eigenvalue weighted by atomic mass is 10.1. The average Bonchev–Trinajstić information content (AvgIpc) is 2.92. The minimum atomic E-state index is -0.854. The Kier molecular flexibility index (Phi) is 5.41. The van der Waals surface area contributed by atoms with Crippen molar-refractivity contribution in [3.8, 4) is 0 Å². The number of benzene rings is 1. The summed E-state index contributed by atoms with van der Waals surface area (Å²) in [4.78, 5) is 11.9. The van der Waals surface area contributed by atoms with E-state index in [1.54, 1.807) is 35.1 Å². The highest BCUT2D eigenvalue weighted by molar-refractivity contribution is 6.31. The number of aromatic nitrogens is 2. The van der Waals surface area contributed by atoms with Crippen LogP contribution in [0.25, 0.3) is 0 Å². The van der Waals surface area contributed by atoms with Crippen LogP contribution in [0.5, 0.6) is 0 Å². The van der Waals surface area contributed by atoms with Crippen LogP contribution in [-0.4, -0.2) is 27.5 Å². The van der Waals surface area contributed by atoms with Crippen molar-refractivity contribution in [2.24, 2.45) is 7.05 Å². The van der Waals surface area contributed by atoms with E-state index in [1.165, 1.54) is 0 Å². The maximum absolute atomic E-state index is 11.9. The lowest BCUT2D eigenvalue weighted by Crippen LogP contribution is -2.39. The van der Waals surface area contributed by atoms with Gasteiger partial charge in [-0.3, -0.25) is 4.68 Å². The lowest BCUT2D eigenvalue weighted by molar-refractivity contribution is 0.172. The number of aliphatic hydroxyl groups is 1. The van der Waals surface area contributed by atoms with Crippen LogP contribution in [0.2, 0.25) is 5.02 Å². The van der Waals surface area contributed by atoms with Crippen LogP contribution in [-0.2, 0) is 7.05 Å². The minimum Gasteiger partial charge on any atom is -0.387 e. The second-order valence-electron chi connectivity index (χ2n) is 5.06. The van der Waals surface area contributed by atoms with E-state index in [0.29, 0.717) is 10.6 Å². The Bertz CT molecular complexity index is 644. The molecule has 1 aromatic heterocycles. The Labute approximate surface area is 134 Å². The second kappa shape index (κ2) is 7.29. The highest BCUT2D eigenvalue weighted by Gasteiger charge is 2.14. The smallest absolute Gasteiger partial charge is 0.315 e. The van der Waals surface area contributed by atoms with Crippen LogP contribution < -0.4 is 10.6 Å². The number of amides is 2. The van der Waals surface area contributed by atoms with Crippen LogP contribution in [0.3, 0.4) is 0 Å². The first-order chi connectivity index (χ1) is 10.5. The van der Waals surface area contributed by atoms with Crippen molar-refractivity contribution in [3.63, 3.8) is 0 Å². The van der Waals surface area contributed by atoms with Gasteiger partial charge in [0.05, 0.1) is 18.3 Å². The summed E-state index contributed by atoms with van der Waals surface area (Å²) >= 11 is 6.00. The van der Waals surface area contributed by atoms with Crippen LogP contribution in [0.1, 0.15) is 30.2 Å². The van der Waals surface area contributed by atoms with Crippen LogP contribution in [0.4, 0.5) is 4.79 Å². The molecule has 0 aliphatic carbocycles. The predicted octanol–water partition coefficient (Wildman–Crippen LogP) is 2.17. The van der Waals surface area contributed by atoms with E-state index >= 15 is 0 Å². The van der Waals surface area contributed by atoms with Gasteiger partial charge in [-0.25, -0.2) is 4.79 Å². The van der Waals surface area contributed by atoms with Gasteiger partial charge >= 0.3 is 6.03 Å². The van der Waals surface area contributed by atoms with Crippen molar-refractivity contribution in [2.75, 3.05) is 6.54 Å². The van der Waals surface area contributed by atoms with Gasteiger partial charge < -0.3 is 15.7 Å². The molecule has 2 atom stereocenters. The molecule has 0 aliphatic heterocycles. The summed E-state index contributed by atoms with van der Waals surface area (Å²) in [6.45, 7) is 1.94. The fraction of sp³-hybridized carbons (Fsp3) is 0.333. The van der Waals surface area contributed by atoms with Gasteiger partial charge in [0.25, 0.3) is 0 Å². The third-order valence-electron chi connectivity index (χ3n) is 3.29. The maximum Gasteiger partial charge on any atom is 0.315 e. The Morgan fingerprint density at radius 2 is 2.18 bits per heavy atom. The summed E-state index contributed by atoms with van der Waals surface area (Å²) in [5, 5.41) is 20.0. The number of nitrogens with zero attached hydrogens (tertiary/aromatic N) is 2. The van der Waals surface area contributed by atoms with Crippen molar-refractivity contribution in [3.05, 3.63) is 52.8 Å². The summed E-state index contributed by atoms with van der Waals surface area (Å²) in [5.41, 5.74) is 1.49. The summed E-state index contributed by atoms with van der Waals surface area (Å²) in [5.74, 6) is 0. The molecule has 118 valence electrons. The molecule has 2 aromatic rings. The van der Waals surface area contributed by atoms with E-state index in [9.17, 15) is 9.90 Å². The zero-order valence-electron chi connectivity index (χ0n) is 12.5. The molecule has 2 unspecified atom stereocenters. The molecule has 0 radical (unpaired) electrons. The Morgan fingerprint density at radius 1 is 1.45 bits per heavy atom. The number of hydrogen-bond acceptors (Lipinski definition) is 3. The predicted molar refractivity (Wildman–Crippen MR) is 84.6 cm³/mol. The van der Waals surface area contributed by atoms with Crippen LogP contribution in [0.15, 0.2) is 36.7 Å². The zero-order chi connectivity index (χ0) is 16.1. The van der Waals surface area contributed by atoms with Gasteiger partial charge in [-0.05, 0) is 13.0 Å². The number of aliphatic hydroxyl groups excluding tert-OH is 1. The molecule has 0 aliphatic rings. The Morgan fingerprint density at radius 3 is 2.82 bits per heavy atom. The Balaban J connectivity index is 1.84. The van der Waals surface area contributed by atoms with E-state index in [4.69, 9.17) is 11.6 Å². The molecule has 0 saturated heterocycles. The topological polar surface area (TPSA) is 79.2 Å². The van der Waals surface area contributed by atoms with Gasteiger partial charge in [0.2, 0.25) is 0 Å². The number of rotatable bonds is 5. The number of urea groups is 1. The fourth-order valence-electron chi connectivity index (χ4n) is 2.04. The standard InChI is InChI=1S/C15H19ClN4O2/c1-10(11-7-18-20(2)9-11)19-15(22)17-8-14(21)12-5-3-4-6-13(12)16/h3-7,9-10,14,21H,8H2,1-2H3,(H2,17,19,22). The molecule has 2 amide bonds. The van der Waals surface area contributed by atoms with Crippen LogP contribution >= 0.6 is 11.6 Å². The first-order valence-electron chi connectivity index (χ1n) is 6.92. The van der Waals surface area contributed by atoms with Gasteiger partial charge in [0.15, 0.2) is 0 Å². The van der Waals surface area contributed by atoms with E-state index in [0.717, 1.165) is 5.56 Å². The summed E-state index contributed by atoms with van der Waals surface area (Å²) < 4.78 is 1.67. The van der Waals surface area contributed by atoms with Gasteiger partial charge in [-0.1, -0.05) is 29.8 Å². The molecule has 7 heteroatoms. The monoisotopic (exact) mass is 322 g/mol. The SMILES string of the molecule is CC(NC(=O)NCC(O)c1ccccc1Cl)c1cnn(C)c1. The third-order valence-corrected chi connectivity index (χ3v) is 3.64. The molecule has 6 nitrogen and oxygen atoms in total. The normalized spacial score (nSPS) is 13.5. The van der Waals surface area contributed by atoms with E-state index in [-0.39, 0.29) is 18.6 Å². The summed E-state index contributed by atoms with van der Waals surface area (Å²) in [6.07, 6.45) is 2.68. The van der Waals surface area contributed by atoms with Crippen LogP contribution in [0, 0.1) is 0 Å². The van der Waals surface area contributed by atoms with E-state index in [2.05, 4.69) is 15.7 Å². The Hall–Kier alpha value is -2.05. The lowest BCUT2D eigenvalue weighted by Gasteiger charge is -2.16. The fourth-order valence-corrected chi connectivity index (χ4v) is 2.30. The minimum absolute atomic E-state index is 0.0787. The molecular weight excluding hydrogens is 304 g/mol. The van der Waals surface area contributed by atoms with E-state index < -0.39 is 6.10 Å². The largest absolute Gasteiger partial charge is 0.387 e. The average molecular weight is 323 g/mol. The molecule has 1 heterocycles. The van der Waals surface area contributed by atoms with Gasteiger partial charge in [0, 0.05) is 35.9 Å². The van der Waals surface area contributed by atoms with Gasteiger partial charge in [-0.2, -0.15) is 5.10 Å². The number of nitrogens with one attached hydrogen (secondary N) is 2. The number of carbonyl (C=O) groups is 1. The van der Waals surface area contributed by atoms with E-state index in [1.807, 2.05) is 20.2 Å². The quantitative estimate of drug-likeness (QED) is 0.789. The molecule has 0 fully saturated rings. The first-order valence-corrected chi connectivity index (χ1v) is 7.30. The highest BCUT2D eigenvalue weighted by Crippen LogP contribution is 2.21. The highest BCUT2D eigenvalue weighted by atomic mass is 35.5. The first kappa shape index (κ1) is 16.3. The van der Waals surface area contributed by atoms with Gasteiger partial charge in [-0.15, -0.1) is 0 Å². The summed E-state index contributed by atoms with van der Waals surface area (Å²) in [7, 11) is 1.82. The molecule has 0 saturated carbocycles. The molecule has 2 rings (SSSR count). The number of hydrogen-bond donors (Lipinski definition) is 3. The molecule has 1 aromatic carbocycles. The van der Waals surface area contributed by atoms with Crippen molar-refractivity contribution in [2.45, 2.75) is 19.1 Å². The number of aryl methyl sites for hydroxylation is 1. The summed E-state index contributed by atoms with van der Waals surface area (Å²) in [6, 6.07) is 6.47. The third kappa shape index (κ3) is 4.22. The van der Waals surface area contributed by atoms with Crippen molar-refractivity contribution in [1.82, 2.24) is 20.4 Å². The molecular formula is C15H19ClN4O2. The van der Waals surface area contributed by atoms with Crippen molar-refractivity contribution in [1.29, 1.82) is 0 Å². The molecule has 22 heavy (non-hydrogen) atoms. The molecule has 3 N–H and O–H groups in total. The second-order valence-corrected chi connectivity index (χ2v) is 5.47.